The second-order valence-corrected chi connectivity index (χ2v) is 4.88. The Labute approximate surface area is 106 Å². The Bertz CT molecular complexity index is 442. The van der Waals surface area contributed by atoms with E-state index in [0.717, 1.165) is 12.8 Å². The van der Waals surface area contributed by atoms with E-state index < -0.39 is 0 Å². The lowest BCUT2D eigenvalue weighted by Gasteiger charge is -2.15. The summed E-state index contributed by atoms with van der Waals surface area (Å²) in [5.74, 6) is 0.638. The van der Waals surface area contributed by atoms with Gasteiger partial charge in [0.25, 0.3) is 5.56 Å². The average molecular weight is 336 g/mol. The van der Waals surface area contributed by atoms with E-state index in [1.165, 1.54) is 0 Å². The number of hydrogen-bond acceptors (Lipinski definition) is 4. The van der Waals surface area contributed by atoms with Crippen LogP contribution in [0.15, 0.2) is 4.79 Å². The minimum absolute atomic E-state index is 0.194. The van der Waals surface area contributed by atoms with Crippen LogP contribution in [0.1, 0.15) is 31.7 Å². The fourth-order valence-corrected chi connectivity index (χ4v) is 1.87. The molecular formula is C10H13IN2O3. The van der Waals surface area contributed by atoms with Gasteiger partial charge in [-0.25, -0.2) is 0 Å². The van der Waals surface area contributed by atoms with Gasteiger partial charge in [-0.3, -0.25) is 4.79 Å². The average Bonchev–Trinajstić information content (AvgIpc) is 3.05. The molecule has 1 aromatic rings. The summed E-state index contributed by atoms with van der Waals surface area (Å²) in [6.45, 7) is 2.47. The molecule has 88 valence electrons. The van der Waals surface area contributed by atoms with E-state index in [1.807, 2.05) is 6.92 Å². The van der Waals surface area contributed by atoms with Crippen LogP contribution in [-0.2, 0) is 4.74 Å². The minimum Gasteiger partial charge on any atom is -0.492 e. The number of aromatic nitrogens is 2. The molecule has 1 unspecified atom stereocenters. The van der Waals surface area contributed by atoms with Crippen LogP contribution >= 0.6 is 22.6 Å². The Morgan fingerprint density at radius 3 is 2.88 bits per heavy atom. The molecule has 6 heteroatoms. The monoisotopic (exact) mass is 336 g/mol. The summed E-state index contributed by atoms with van der Waals surface area (Å²) < 4.78 is 5.77. The van der Waals surface area contributed by atoms with E-state index in [2.05, 4.69) is 9.97 Å². The minimum atomic E-state index is -0.312. The quantitative estimate of drug-likeness (QED) is 0.819. The summed E-state index contributed by atoms with van der Waals surface area (Å²) in [5, 5.41) is 9.51. The molecule has 1 atom stereocenters. The van der Waals surface area contributed by atoms with Gasteiger partial charge in [0.05, 0.1) is 0 Å². The number of nitrogens with one attached hydrogen (secondary N) is 1. The van der Waals surface area contributed by atoms with Gasteiger partial charge in [-0.15, -0.1) is 0 Å². The smallest absolute Gasteiger partial charge is 0.268 e. The Kier molecular flexibility index (Phi) is 3.48. The molecule has 0 spiro atoms. The molecule has 0 aromatic carbocycles. The van der Waals surface area contributed by atoms with Gasteiger partial charge in [0.1, 0.15) is 15.5 Å². The molecule has 0 amide bonds. The zero-order valence-corrected chi connectivity index (χ0v) is 11.0. The van der Waals surface area contributed by atoms with Crippen LogP contribution in [0.3, 0.4) is 0 Å². The molecule has 0 aliphatic heterocycles. The molecule has 16 heavy (non-hydrogen) atoms. The van der Waals surface area contributed by atoms with Gasteiger partial charge < -0.3 is 14.8 Å². The molecule has 2 N–H and O–H groups in total. The summed E-state index contributed by atoms with van der Waals surface area (Å²) in [6, 6.07) is 0. The Hall–Kier alpha value is -0.630. The van der Waals surface area contributed by atoms with Crippen molar-refractivity contribution in [2.24, 2.45) is 5.92 Å². The highest BCUT2D eigenvalue weighted by atomic mass is 127. The van der Waals surface area contributed by atoms with Crippen LogP contribution in [0.5, 0.6) is 5.88 Å². The predicted octanol–water partition coefficient (Wildman–Crippen LogP) is 1.57. The van der Waals surface area contributed by atoms with Crippen molar-refractivity contribution >= 4 is 22.6 Å². The predicted molar refractivity (Wildman–Crippen MR) is 66.3 cm³/mol. The molecule has 0 saturated heterocycles. The second kappa shape index (κ2) is 4.70. The highest BCUT2D eigenvalue weighted by molar-refractivity contribution is 14.1. The largest absolute Gasteiger partial charge is 0.492 e. The van der Waals surface area contributed by atoms with Crippen LogP contribution in [0.25, 0.3) is 0 Å². The fraction of sp³-hybridized carbons (Fsp3) is 0.600. The van der Waals surface area contributed by atoms with E-state index in [0.29, 0.717) is 18.3 Å². The zero-order chi connectivity index (χ0) is 11.7. The third kappa shape index (κ3) is 2.37. The molecule has 1 aliphatic carbocycles. The number of aromatic amines is 1. The lowest BCUT2D eigenvalue weighted by atomic mass is 10.2. The third-order valence-electron chi connectivity index (χ3n) is 2.53. The maximum absolute atomic E-state index is 11.5. The van der Waals surface area contributed by atoms with E-state index in [1.54, 1.807) is 22.6 Å². The van der Waals surface area contributed by atoms with Gasteiger partial charge in [-0.2, -0.15) is 4.98 Å². The molecule has 1 aromatic heterocycles. The number of rotatable bonds is 4. The molecule has 1 saturated carbocycles. The number of ether oxygens (including phenoxy) is 1. The Morgan fingerprint density at radius 1 is 1.69 bits per heavy atom. The number of nitrogens with zero attached hydrogens (tertiary/aromatic N) is 1. The molecule has 2 rings (SSSR count). The summed E-state index contributed by atoms with van der Waals surface area (Å²) in [4.78, 5) is 18.1. The number of H-pyrrole nitrogens is 1. The molecule has 1 heterocycles. The maximum Gasteiger partial charge on any atom is 0.268 e. The highest BCUT2D eigenvalue weighted by Crippen LogP contribution is 2.42. The van der Waals surface area contributed by atoms with Crippen LogP contribution in [-0.4, -0.2) is 21.7 Å². The van der Waals surface area contributed by atoms with Crippen LogP contribution in [0, 0.1) is 9.49 Å². The number of aromatic hydroxyl groups is 1. The maximum atomic E-state index is 11.5. The molecule has 5 nitrogen and oxygen atoms in total. The first-order chi connectivity index (χ1) is 7.63. The summed E-state index contributed by atoms with van der Waals surface area (Å²) in [5.41, 5.74) is -0.312. The highest BCUT2D eigenvalue weighted by Gasteiger charge is 2.35. The SMILES string of the molecule is CCOC(c1nc(O)c(I)c(=O)[nH]1)C1CC1. The molecule has 1 aliphatic rings. The third-order valence-corrected chi connectivity index (χ3v) is 3.50. The van der Waals surface area contributed by atoms with Gasteiger partial charge in [0.15, 0.2) is 0 Å². The lowest BCUT2D eigenvalue weighted by molar-refractivity contribution is 0.0393. The van der Waals surface area contributed by atoms with Crippen molar-refractivity contribution in [2.45, 2.75) is 25.9 Å². The molecule has 1 fully saturated rings. The summed E-state index contributed by atoms with van der Waals surface area (Å²) in [7, 11) is 0. The van der Waals surface area contributed by atoms with Crippen LogP contribution in [0.4, 0.5) is 0 Å². The number of hydrogen-bond donors (Lipinski definition) is 2. The van der Waals surface area contributed by atoms with Crippen molar-refractivity contribution in [3.8, 4) is 5.88 Å². The standard InChI is InChI=1S/C10H13IN2O3/c1-2-16-7(5-3-4-5)8-12-9(14)6(11)10(15)13-8/h5,7H,2-4H2,1H3,(H2,12,13,14,15). The van der Waals surface area contributed by atoms with Crippen LogP contribution < -0.4 is 5.56 Å². The first-order valence-electron chi connectivity index (χ1n) is 5.23. The summed E-state index contributed by atoms with van der Waals surface area (Å²) >= 11 is 1.77. The van der Waals surface area contributed by atoms with Crippen LogP contribution in [0.2, 0.25) is 0 Å². The Balaban J connectivity index is 2.34. The lowest BCUT2D eigenvalue weighted by Crippen LogP contribution is -2.19. The van der Waals surface area contributed by atoms with Crippen molar-refractivity contribution in [2.75, 3.05) is 6.61 Å². The van der Waals surface area contributed by atoms with Gasteiger partial charge >= 0.3 is 0 Å². The van der Waals surface area contributed by atoms with E-state index in [4.69, 9.17) is 4.74 Å². The number of halogens is 1. The van der Waals surface area contributed by atoms with Crippen molar-refractivity contribution in [1.82, 2.24) is 9.97 Å². The Morgan fingerprint density at radius 2 is 2.38 bits per heavy atom. The first-order valence-corrected chi connectivity index (χ1v) is 6.31. The van der Waals surface area contributed by atoms with Crippen molar-refractivity contribution in [3.63, 3.8) is 0 Å². The van der Waals surface area contributed by atoms with Gasteiger partial charge in [0, 0.05) is 6.61 Å². The molecular weight excluding hydrogens is 323 g/mol. The van der Waals surface area contributed by atoms with Crippen molar-refractivity contribution in [3.05, 3.63) is 19.7 Å². The molecule has 0 bridgehead atoms. The van der Waals surface area contributed by atoms with Gasteiger partial charge in [0.2, 0.25) is 5.88 Å². The van der Waals surface area contributed by atoms with E-state index in [9.17, 15) is 9.90 Å². The van der Waals surface area contributed by atoms with Gasteiger partial charge in [-0.05, 0) is 48.3 Å². The normalized spacial score (nSPS) is 17.4. The second-order valence-electron chi connectivity index (χ2n) is 3.80. The van der Waals surface area contributed by atoms with E-state index in [-0.39, 0.29) is 21.1 Å². The fourth-order valence-electron chi connectivity index (χ4n) is 1.62. The zero-order valence-electron chi connectivity index (χ0n) is 8.86. The van der Waals surface area contributed by atoms with Crippen molar-refractivity contribution < 1.29 is 9.84 Å². The first kappa shape index (κ1) is 11.8. The van der Waals surface area contributed by atoms with Gasteiger partial charge in [-0.1, -0.05) is 0 Å². The van der Waals surface area contributed by atoms with Crippen molar-refractivity contribution in [1.29, 1.82) is 0 Å². The topological polar surface area (TPSA) is 75.2 Å². The molecule has 0 radical (unpaired) electrons. The summed E-state index contributed by atoms with van der Waals surface area (Å²) in [6.07, 6.45) is 1.98. The van der Waals surface area contributed by atoms with E-state index >= 15 is 0 Å².